The summed E-state index contributed by atoms with van der Waals surface area (Å²) in [7, 11) is 0. The molecule has 0 bridgehead atoms. The Hall–Kier alpha value is -2.04. The molecule has 0 unspecified atom stereocenters. The smallest absolute Gasteiger partial charge is 0.242 e. The maximum atomic E-state index is 13.2. The fraction of sp³-hybridized carbons (Fsp3) is 0.364. The van der Waals surface area contributed by atoms with E-state index in [1.165, 1.54) is 0 Å². The van der Waals surface area contributed by atoms with Crippen molar-refractivity contribution in [1.29, 1.82) is 0 Å². The molecule has 2 aromatic rings. The second-order valence-electron chi connectivity index (χ2n) is 6.79. The van der Waals surface area contributed by atoms with Crippen LogP contribution < -0.4 is 5.32 Å². The molecule has 0 heterocycles. The summed E-state index contributed by atoms with van der Waals surface area (Å²) in [5, 5.41) is 3.81. The Bertz CT molecular complexity index is 819. The fourth-order valence-corrected chi connectivity index (χ4v) is 3.42. The summed E-state index contributed by atoms with van der Waals surface area (Å²) in [6.45, 7) is 6.41. The lowest BCUT2D eigenvalue weighted by molar-refractivity contribution is -0.140. The lowest BCUT2D eigenvalue weighted by atomic mass is 10.0. The molecule has 6 heteroatoms. The number of nitrogens with zero attached hydrogens (tertiary/aromatic N) is 1. The molecule has 150 valence electrons. The van der Waals surface area contributed by atoms with Crippen LogP contribution in [0.2, 0.25) is 10.0 Å². The molecule has 1 N–H and O–H groups in total. The summed E-state index contributed by atoms with van der Waals surface area (Å²) in [5.41, 5.74) is 2.61. The normalized spacial score (nSPS) is 11.8. The minimum Gasteiger partial charge on any atom is -0.354 e. The zero-order valence-corrected chi connectivity index (χ0v) is 18.0. The molecule has 0 aliphatic heterocycles. The van der Waals surface area contributed by atoms with Gasteiger partial charge in [0.25, 0.3) is 0 Å². The number of benzene rings is 2. The molecule has 0 aliphatic carbocycles. The molecule has 1 atom stereocenters. The van der Waals surface area contributed by atoms with Gasteiger partial charge in [0.05, 0.1) is 6.42 Å². The van der Waals surface area contributed by atoms with Crippen LogP contribution in [-0.4, -0.2) is 29.3 Å². The average Bonchev–Trinajstić information content (AvgIpc) is 2.67. The fourth-order valence-electron chi connectivity index (χ4n) is 2.91. The maximum Gasteiger partial charge on any atom is 0.242 e. The van der Waals surface area contributed by atoms with Crippen LogP contribution in [0.4, 0.5) is 0 Å². The number of aryl methyl sites for hydroxylation is 1. The first-order valence-corrected chi connectivity index (χ1v) is 10.1. The van der Waals surface area contributed by atoms with Crippen molar-refractivity contribution in [1.82, 2.24) is 10.2 Å². The zero-order valence-electron chi connectivity index (χ0n) is 16.5. The highest BCUT2D eigenvalue weighted by Crippen LogP contribution is 2.27. The van der Waals surface area contributed by atoms with Gasteiger partial charge in [0.15, 0.2) is 0 Å². The van der Waals surface area contributed by atoms with Gasteiger partial charge < -0.3 is 10.2 Å². The Morgan fingerprint density at radius 2 is 1.71 bits per heavy atom. The van der Waals surface area contributed by atoms with Crippen molar-refractivity contribution in [2.24, 2.45) is 0 Å². The van der Waals surface area contributed by atoms with Crippen LogP contribution >= 0.6 is 23.2 Å². The number of carbonyl (C=O) groups excluding carboxylic acids is 2. The van der Waals surface area contributed by atoms with E-state index < -0.39 is 6.04 Å². The molecule has 28 heavy (non-hydrogen) atoms. The van der Waals surface area contributed by atoms with E-state index in [1.54, 1.807) is 30.0 Å². The van der Waals surface area contributed by atoms with Crippen molar-refractivity contribution in [2.75, 3.05) is 6.54 Å². The van der Waals surface area contributed by atoms with Gasteiger partial charge in [-0.05, 0) is 43.5 Å². The van der Waals surface area contributed by atoms with Gasteiger partial charge in [0.1, 0.15) is 6.04 Å². The van der Waals surface area contributed by atoms with Gasteiger partial charge in [0, 0.05) is 28.7 Å². The third-order valence-corrected chi connectivity index (χ3v) is 5.42. The van der Waals surface area contributed by atoms with E-state index in [2.05, 4.69) is 5.32 Å². The number of hydrogen-bond donors (Lipinski definition) is 1. The van der Waals surface area contributed by atoms with Crippen LogP contribution in [0.15, 0.2) is 42.5 Å². The van der Waals surface area contributed by atoms with Gasteiger partial charge in [-0.3, -0.25) is 9.59 Å². The lowest BCUT2D eigenvalue weighted by Crippen LogP contribution is -2.48. The predicted octanol–water partition coefficient (Wildman–Crippen LogP) is 4.79. The van der Waals surface area contributed by atoms with Crippen molar-refractivity contribution in [3.8, 4) is 0 Å². The van der Waals surface area contributed by atoms with Crippen LogP contribution in [0.1, 0.15) is 37.0 Å². The van der Waals surface area contributed by atoms with E-state index in [4.69, 9.17) is 23.2 Å². The number of rotatable bonds is 8. The van der Waals surface area contributed by atoms with Gasteiger partial charge >= 0.3 is 0 Å². The van der Waals surface area contributed by atoms with Crippen LogP contribution in [0.3, 0.4) is 0 Å². The first-order chi connectivity index (χ1) is 13.3. The largest absolute Gasteiger partial charge is 0.354 e. The highest BCUT2D eigenvalue weighted by atomic mass is 35.5. The molecular weight excluding hydrogens is 395 g/mol. The first kappa shape index (κ1) is 22.3. The second kappa shape index (κ2) is 10.5. The third-order valence-electron chi connectivity index (χ3n) is 4.71. The molecule has 2 aromatic carbocycles. The van der Waals surface area contributed by atoms with E-state index in [0.717, 1.165) is 17.5 Å². The molecule has 0 fully saturated rings. The standard InChI is InChI=1S/C22H26Cl2N2O2/c1-4-12-25-22(28)16(3)26(14-18-19(23)10-7-11-20(18)24)21(27)13-17-9-6-5-8-15(17)2/h5-11,16H,4,12-14H2,1-3H3,(H,25,28)/t16-/m1/s1. The summed E-state index contributed by atoms with van der Waals surface area (Å²) in [6, 6.07) is 12.3. The van der Waals surface area contributed by atoms with E-state index in [0.29, 0.717) is 22.2 Å². The summed E-state index contributed by atoms with van der Waals surface area (Å²) in [5.74, 6) is -0.340. The molecule has 0 saturated heterocycles. The summed E-state index contributed by atoms with van der Waals surface area (Å²) < 4.78 is 0. The van der Waals surface area contributed by atoms with Gasteiger partial charge in [-0.15, -0.1) is 0 Å². The molecule has 2 rings (SSSR count). The molecule has 0 saturated carbocycles. The van der Waals surface area contributed by atoms with Crippen LogP contribution in [-0.2, 0) is 22.6 Å². The number of carbonyl (C=O) groups is 2. The third kappa shape index (κ3) is 5.73. The Morgan fingerprint density at radius 1 is 1.07 bits per heavy atom. The number of amides is 2. The molecule has 0 aromatic heterocycles. The quantitative estimate of drug-likeness (QED) is 0.667. The van der Waals surface area contributed by atoms with E-state index in [9.17, 15) is 9.59 Å². The highest BCUT2D eigenvalue weighted by molar-refractivity contribution is 6.36. The molecule has 0 radical (unpaired) electrons. The zero-order chi connectivity index (χ0) is 20.7. The van der Waals surface area contributed by atoms with Crippen LogP contribution in [0.5, 0.6) is 0 Å². The number of nitrogens with one attached hydrogen (secondary N) is 1. The Kier molecular flexibility index (Phi) is 8.34. The molecular formula is C22H26Cl2N2O2. The summed E-state index contributed by atoms with van der Waals surface area (Å²) >= 11 is 12.6. The molecule has 4 nitrogen and oxygen atoms in total. The molecule has 2 amide bonds. The monoisotopic (exact) mass is 420 g/mol. The van der Waals surface area contributed by atoms with Gasteiger partial charge in [-0.25, -0.2) is 0 Å². The minimum absolute atomic E-state index is 0.149. The minimum atomic E-state index is -0.643. The first-order valence-electron chi connectivity index (χ1n) is 9.39. The van der Waals surface area contributed by atoms with Gasteiger partial charge in [0.2, 0.25) is 11.8 Å². The summed E-state index contributed by atoms with van der Waals surface area (Å²) in [6.07, 6.45) is 1.03. The SMILES string of the molecule is CCCNC(=O)[C@@H](C)N(Cc1c(Cl)cccc1Cl)C(=O)Cc1ccccc1C. The second-order valence-corrected chi connectivity index (χ2v) is 7.61. The lowest BCUT2D eigenvalue weighted by Gasteiger charge is -2.29. The summed E-state index contributed by atoms with van der Waals surface area (Å²) in [4.78, 5) is 27.3. The van der Waals surface area contributed by atoms with Crippen molar-refractivity contribution >= 4 is 35.0 Å². The topological polar surface area (TPSA) is 49.4 Å². The van der Waals surface area contributed by atoms with E-state index >= 15 is 0 Å². The number of halogens is 2. The molecule has 0 spiro atoms. The van der Waals surface area contributed by atoms with Crippen molar-refractivity contribution in [3.63, 3.8) is 0 Å². The number of hydrogen-bond acceptors (Lipinski definition) is 2. The van der Waals surface area contributed by atoms with E-state index in [-0.39, 0.29) is 24.8 Å². The molecule has 0 aliphatic rings. The van der Waals surface area contributed by atoms with Crippen molar-refractivity contribution in [2.45, 2.75) is 46.2 Å². The van der Waals surface area contributed by atoms with Crippen molar-refractivity contribution in [3.05, 3.63) is 69.2 Å². The van der Waals surface area contributed by atoms with Gasteiger partial charge in [-0.2, -0.15) is 0 Å². The van der Waals surface area contributed by atoms with E-state index in [1.807, 2.05) is 38.1 Å². The van der Waals surface area contributed by atoms with Gasteiger partial charge in [-0.1, -0.05) is 60.5 Å². The highest BCUT2D eigenvalue weighted by Gasteiger charge is 2.27. The average molecular weight is 421 g/mol. The Labute approximate surface area is 176 Å². The Morgan fingerprint density at radius 3 is 2.32 bits per heavy atom. The van der Waals surface area contributed by atoms with Crippen LogP contribution in [0, 0.1) is 6.92 Å². The maximum absolute atomic E-state index is 13.2. The van der Waals surface area contributed by atoms with Crippen molar-refractivity contribution < 1.29 is 9.59 Å². The Balaban J connectivity index is 2.30. The van der Waals surface area contributed by atoms with Crippen LogP contribution in [0.25, 0.3) is 0 Å². The predicted molar refractivity (Wildman–Crippen MR) is 115 cm³/mol.